The lowest BCUT2D eigenvalue weighted by atomic mass is 10.1. The van der Waals surface area contributed by atoms with Crippen molar-refractivity contribution < 1.29 is 23.9 Å². The van der Waals surface area contributed by atoms with Crippen LogP contribution in [0.4, 0.5) is 0 Å². The van der Waals surface area contributed by atoms with Crippen LogP contribution >= 0.6 is 0 Å². The highest BCUT2D eigenvalue weighted by Gasteiger charge is 2.10. The highest BCUT2D eigenvalue weighted by Crippen LogP contribution is 2.24. The number of nitrogens with one attached hydrogen (secondary N) is 2. The standard InChI is InChI=1S/C13H18N2O5/c1-14-13(17)8-20-15-12(16)6-9-4-5-10(18-2)7-11(9)19-3/h4-5,7H,6,8H2,1-3H3,(H,14,17)(H,15,16). The fraction of sp³-hybridized carbons (Fsp3) is 0.385. The lowest BCUT2D eigenvalue weighted by molar-refractivity contribution is -0.138. The molecule has 0 bridgehead atoms. The molecule has 0 saturated heterocycles. The number of carbonyl (C=O) groups excluding carboxylic acids is 2. The largest absolute Gasteiger partial charge is 0.497 e. The zero-order valence-electron chi connectivity index (χ0n) is 11.7. The summed E-state index contributed by atoms with van der Waals surface area (Å²) in [5, 5.41) is 2.37. The number of hydrogen-bond acceptors (Lipinski definition) is 5. The lowest BCUT2D eigenvalue weighted by Crippen LogP contribution is -2.31. The van der Waals surface area contributed by atoms with E-state index in [0.717, 1.165) is 0 Å². The predicted molar refractivity (Wildman–Crippen MR) is 71.4 cm³/mol. The molecule has 20 heavy (non-hydrogen) atoms. The van der Waals surface area contributed by atoms with Crippen LogP contribution in [0.3, 0.4) is 0 Å². The second kappa shape index (κ2) is 8.00. The molecule has 0 fully saturated rings. The van der Waals surface area contributed by atoms with Crippen molar-refractivity contribution in [3.8, 4) is 11.5 Å². The SMILES string of the molecule is CNC(=O)CONC(=O)Cc1ccc(OC)cc1OC. The predicted octanol–water partition coefficient (Wildman–Crippen LogP) is 0.0401. The van der Waals surface area contributed by atoms with Gasteiger partial charge in [0, 0.05) is 18.7 Å². The minimum atomic E-state index is -0.377. The molecule has 110 valence electrons. The van der Waals surface area contributed by atoms with Gasteiger partial charge in [0.05, 0.1) is 20.6 Å². The van der Waals surface area contributed by atoms with Crippen molar-refractivity contribution in [2.24, 2.45) is 0 Å². The monoisotopic (exact) mass is 282 g/mol. The molecule has 0 aliphatic heterocycles. The number of hydrogen-bond donors (Lipinski definition) is 2. The first-order valence-corrected chi connectivity index (χ1v) is 5.92. The maximum atomic E-state index is 11.7. The van der Waals surface area contributed by atoms with Crippen LogP contribution in [0, 0.1) is 0 Å². The van der Waals surface area contributed by atoms with E-state index in [0.29, 0.717) is 17.1 Å². The molecule has 0 heterocycles. The quantitative estimate of drug-likeness (QED) is 0.690. The van der Waals surface area contributed by atoms with Gasteiger partial charge in [-0.25, -0.2) is 5.48 Å². The molecule has 0 radical (unpaired) electrons. The van der Waals surface area contributed by atoms with Crippen molar-refractivity contribution in [2.75, 3.05) is 27.9 Å². The molecule has 0 unspecified atom stereocenters. The normalized spacial score (nSPS) is 9.75. The number of hydroxylamine groups is 1. The maximum Gasteiger partial charge on any atom is 0.248 e. The zero-order valence-corrected chi connectivity index (χ0v) is 11.7. The molecular weight excluding hydrogens is 264 g/mol. The molecule has 7 heteroatoms. The first-order chi connectivity index (χ1) is 9.60. The van der Waals surface area contributed by atoms with Crippen LogP contribution in [0.15, 0.2) is 18.2 Å². The lowest BCUT2D eigenvalue weighted by Gasteiger charge is -2.10. The number of benzene rings is 1. The number of ether oxygens (including phenoxy) is 2. The highest BCUT2D eigenvalue weighted by molar-refractivity contribution is 5.79. The number of likely N-dealkylation sites (N-methyl/N-ethyl adjacent to an activating group) is 1. The Hall–Kier alpha value is -2.28. The average Bonchev–Trinajstić information content (AvgIpc) is 2.47. The van der Waals surface area contributed by atoms with Gasteiger partial charge in [0.1, 0.15) is 11.5 Å². The van der Waals surface area contributed by atoms with E-state index >= 15 is 0 Å². The van der Waals surface area contributed by atoms with E-state index < -0.39 is 0 Å². The molecule has 0 spiro atoms. The van der Waals surface area contributed by atoms with Crippen molar-refractivity contribution in [3.05, 3.63) is 23.8 Å². The van der Waals surface area contributed by atoms with Crippen molar-refractivity contribution >= 4 is 11.8 Å². The van der Waals surface area contributed by atoms with Gasteiger partial charge in [-0.3, -0.25) is 14.4 Å². The van der Waals surface area contributed by atoms with Crippen LogP contribution in [-0.2, 0) is 20.8 Å². The van der Waals surface area contributed by atoms with E-state index in [-0.39, 0.29) is 24.8 Å². The first kappa shape index (κ1) is 15.8. The fourth-order valence-corrected chi connectivity index (χ4v) is 1.46. The van der Waals surface area contributed by atoms with Gasteiger partial charge < -0.3 is 14.8 Å². The molecule has 2 amide bonds. The van der Waals surface area contributed by atoms with Gasteiger partial charge in [0.2, 0.25) is 11.8 Å². The topological polar surface area (TPSA) is 85.9 Å². The van der Waals surface area contributed by atoms with Crippen molar-refractivity contribution in [1.29, 1.82) is 0 Å². The van der Waals surface area contributed by atoms with Crippen LogP contribution in [0.5, 0.6) is 11.5 Å². The molecular formula is C13H18N2O5. The van der Waals surface area contributed by atoms with Crippen LogP contribution in [-0.4, -0.2) is 39.7 Å². The van der Waals surface area contributed by atoms with Gasteiger partial charge in [0.25, 0.3) is 0 Å². The Morgan fingerprint density at radius 2 is 1.90 bits per heavy atom. The Morgan fingerprint density at radius 1 is 1.15 bits per heavy atom. The van der Waals surface area contributed by atoms with Crippen molar-refractivity contribution in [1.82, 2.24) is 10.8 Å². The molecule has 7 nitrogen and oxygen atoms in total. The molecule has 0 aliphatic carbocycles. The van der Waals surface area contributed by atoms with Gasteiger partial charge >= 0.3 is 0 Å². The Bertz CT molecular complexity index is 476. The summed E-state index contributed by atoms with van der Waals surface area (Å²) in [7, 11) is 4.54. The maximum absolute atomic E-state index is 11.7. The molecule has 1 aromatic rings. The van der Waals surface area contributed by atoms with Gasteiger partial charge in [-0.1, -0.05) is 6.07 Å². The average molecular weight is 282 g/mol. The van der Waals surface area contributed by atoms with E-state index in [1.54, 1.807) is 25.3 Å². The first-order valence-electron chi connectivity index (χ1n) is 5.92. The Labute approximate surface area is 117 Å². The van der Waals surface area contributed by atoms with E-state index in [1.807, 2.05) is 0 Å². The molecule has 1 aromatic carbocycles. The molecule has 0 aliphatic rings. The van der Waals surface area contributed by atoms with Gasteiger partial charge in [-0.05, 0) is 6.07 Å². The van der Waals surface area contributed by atoms with Crippen molar-refractivity contribution in [2.45, 2.75) is 6.42 Å². The molecule has 2 N–H and O–H groups in total. The number of rotatable bonds is 7. The van der Waals surface area contributed by atoms with Crippen LogP contribution in [0.25, 0.3) is 0 Å². The number of amides is 2. The summed E-state index contributed by atoms with van der Waals surface area (Å²) in [6.07, 6.45) is 0.0703. The summed E-state index contributed by atoms with van der Waals surface area (Å²) in [6.45, 7) is -0.234. The van der Waals surface area contributed by atoms with Crippen LogP contribution in [0.1, 0.15) is 5.56 Å². The molecule has 0 atom stereocenters. The summed E-state index contributed by atoms with van der Waals surface area (Å²) in [6, 6.07) is 5.15. The Balaban J connectivity index is 2.55. The highest BCUT2D eigenvalue weighted by atomic mass is 16.7. The van der Waals surface area contributed by atoms with E-state index in [4.69, 9.17) is 14.3 Å². The number of methoxy groups -OCH3 is 2. The third-order valence-corrected chi connectivity index (χ3v) is 2.51. The van der Waals surface area contributed by atoms with Crippen LogP contribution in [0.2, 0.25) is 0 Å². The summed E-state index contributed by atoms with van der Waals surface area (Å²) in [5.41, 5.74) is 2.88. The molecule has 1 rings (SSSR count). The Kier molecular flexibility index (Phi) is 6.31. The van der Waals surface area contributed by atoms with Gasteiger partial charge in [-0.2, -0.15) is 0 Å². The molecule has 0 aromatic heterocycles. The third kappa shape index (κ3) is 4.77. The minimum Gasteiger partial charge on any atom is -0.497 e. The summed E-state index contributed by atoms with van der Waals surface area (Å²) < 4.78 is 10.3. The van der Waals surface area contributed by atoms with E-state index in [9.17, 15) is 9.59 Å². The zero-order chi connectivity index (χ0) is 15.0. The van der Waals surface area contributed by atoms with Gasteiger partial charge in [0.15, 0.2) is 6.61 Å². The summed E-state index contributed by atoms with van der Waals surface area (Å²) >= 11 is 0. The van der Waals surface area contributed by atoms with Crippen LogP contribution < -0.4 is 20.3 Å². The second-order valence-electron chi connectivity index (χ2n) is 3.84. The smallest absolute Gasteiger partial charge is 0.248 e. The summed E-state index contributed by atoms with van der Waals surface area (Å²) in [5.74, 6) is 0.484. The fourth-order valence-electron chi connectivity index (χ4n) is 1.46. The van der Waals surface area contributed by atoms with Gasteiger partial charge in [-0.15, -0.1) is 0 Å². The van der Waals surface area contributed by atoms with E-state index in [2.05, 4.69) is 10.8 Å². The number of carbonyl (C=O) groups is 2. The molecule has 0 saturated carbocycles. The minimum absolute atomic E-state index is 0.0703. The van der Waals surface area contributed by atoms with Crippen molar-refractivity contribution in [3.63, 3.8) is 0 Å². The summed E-state index contributed by atoms with van der Waals surface area (Å²) in [4.78, 5) is 27.3. The second-order valence-corrected chi connectivity index (χ2v) is 3.84. The Morgan fingerprint density at radius 3 is 2.50 bits per heavy atom. The third-order valence-electron chi connectivity index (χ3n) is 2.51. The van der Waals surface area contributed by atoms with E-state index in [1.165, 1.54) is 14.2 Å².